The largest absolute Gasteiger partial charge is 0.416 e. The van der Waals surface area contributed by atoms with Crippen molar-refractivity contribution in [2.24, 2.45) is 0 Å². The Bertz CT molecular complexity index is 927. The number of hydrogen-bond acceptors (Lipinski definition) is 5. The molecule has 0 radical (unpaired) electrons. The molecule has 142 valence electrons. The first-order valence-corrected chi connectivity index (χ1v) is 8.67. The summed E-state index contributed by atoms with van der Waals surface area (Å²) in [6.07, 6.45) is 0.763. The van der Waals surface area contributed by atoms with Crippen LogP contribution >= 0.6 is 0 Å². The van der Waals surface area contributed by atoms with E-state index in [1.165, 1.54) is 12.4 Å². The molecule has 4 rings (SSSR count). The Morgan fingerprint density at radius 1 is 1.19 bits per heavy atom. The lowest BCUT2D eigenvalue weighted by Gasteiger charge is -2.26. The number of fused-ring (bicyclic) bond motifs is 1. The quantitative estimate of drug-likeness (QED) is 0.683. The van der Waals surface area contributed by atoms with Gasteiger partial charge in [-0.2, -0.15) is 27.8 Å². The first kappa shape index (κ1) is 17.7. The van der Waals surface area contributed by atoms with E-state index in [0.29, 0.717) is 17.9 Å². The SMILES string of the molecule is FC(F)(F)c1cccc(COCC2CCCN2c2ccnc3ncnn23)c1. The van der Waals surface area contributed by atoms with Crippen LogP contribution < -0.4 is 4.90 Å². The third-order valence-electron chi connectivity index (χ3n) is 4.67. The Morgan fingerprint density at radius 3 is 2.93 bits per heavy atom. The molecule has 1 unspecified atom stereocenters. The fourth-order valence-corrected chi connectivity index (χ4v) is 3.40. The van der Waals surface area contributed by atoms with Crippen LogP contribution in [0.3, 0.4) is 0 Å². The average Bonchev–Trinajstić information content (AvgIpc) is 3.30. The molecule has 1 fully saturated rings. The fraction of sp³-hybridized carbons (Fsp3) is 0.389. The molecule has 1 saturated heterocycles. The standard InChI is InChI=1S/C18H18F3N5O/c19-18(20,21)14-4-1-3-13(9-14)10-27-11-15-5-2-8-25(15)16-6-7-22-17-23-12-24-26(16)17/h1,3-4,6-7,9,12,15H,2,5,8,10-11H2. The molecule has 1 aliphatic heterocycles. The summed E-state index contributed by atoms with van der Waals surface area (Å²) in [7, 11) is 0. The van der Waals surface area contributed by atoms with Crippen LogP contribution in [0.25, 0.3) is 5.78 Å². The van der Waals surface area contributed by atoms with E-state index in [1.807, 2.05) is 6.07 Å². The minimum Gasteiger partial charge on any atom is -0.375 e. The summed E-state index contributed by atoms with van der Waals surface area (Å²) in [6, 6.07) is 7.26. The molecular weight excluding hydrogens is 359 g/mol. The predicted octanol–water partition coefficient (Wildman–Crippen LogP) is 3.33. The zero-order chi connectivity index (χ0) is 18.9. The maximum absolute atomic E-state index is 12.8. The summed E-state index contributed by atoms with van der Waals surface area (Å²) in [5, 5.41) is 4.21. The van der Waals surface area contributed by atoms with E-state index >= 15 is 0 Å². The van der Waals surface area contributed by atoms with Crippen molar-refractivity contribution in [3.8, 4) is 0 Å². The molecule has 0 spiro atoms. The third-order valence-corrected chi connectivity index (χ3v) is 4.67. The van der Waals surface area contributed by atoms with Crippen molar-refractivity contribution < 1.29 is 17.9 Å². The van der Waals surface area contributed by atoms with Crippen LogP contribution in [0.4, 0.5) is 19.0 Å². The summed E-state index contributed by atoms with van der Waals surface area (Å²) in [5.41, 5.74) is -0.145. The number of hydrogen-bond donors (Lipinski definition) is 0. The van der Waals surface area contributed by atoms with Crippen molar-refractivity contribution in [3.63, 3.8) is 0 Å². The van der Waals surface area contributed by atoms with E-state index < -0.39 is 11.7 Å². The zero-order valence-electron chi connectivity index (χ0n) is 14.4. The highest BCUT2D eigenvalue weighted by Crippen LogP contribution is 2.30. The Balaban J connectivity index is 1.42. The van der Waals surface area contributed by atoms with Crippen molar-refractivity contribution in [2.45, 2.75) is 31.7 Å². The van der Waals surface area contributed by atoms with E-state index in [9.17, 15) is 13.2 Å². The highest BCUT2D eigenvalue weighted by atomic mass is 19.4. The number of anilines is 1. The van der Waals surface area contributed by atoms with E-state index in [4.69, 9.17) is 4.74 Å². The Morgan fingerprint density at radius 2 is 2.07 bits per heavy atom. The summed E-state index contributed by atoms with van der Waals surface area (Å²) in [6.45, 7) is 1.43. The highest BCUT2D eigenvalue weighted by Gasteiger charge is 2.30. The molecule has 0 bridgehead atoms. The van der Waals surface area contributed by atoms with Crippen LogP contribution in [0.15, 0.2) is 42.9 Å². The molecule has 0 N–H and O–H groups in total. The lowest BCUT2D eigenvalue weighted by atomic mass is 10.1. The number of rotatable bonds is 5. The van der Waals surface area contributed by atoms with Crippen molar-refractivity contribution in [1.29, 1.82) is 0 Å². The highest BCUT2D eigenvalue weighted by molar-refractivity contribution is 5.46. The second-order valence-corrected chi connectivity index (χ2v) is 6.48. The molecule has 1 aromatic carbocycles. The molecule has 3 heterocycles. The van der Waals surface area contributed by atoms with Crippen molar-refractivity contribution in [1.82, 2.24) is 19.6 Å². The van der Waals surface area contributed by atoms with Crippen LogP contribution in [0.1, 0.15) is 24.0 Å². The van der Waals surface area contributed by atoms with Gasteiger partial charge in [-0.15, -0.1) is 0 Å². The number of aromatic nitrogens is 4. The van der Waals surface area contributed by atoms with Gasteiger partial charge in [-0.05, 0) is 36.6 Å². The first-order chi connectivity index (χ1) is 13.0. The van der Waals surface area contributed by atoms with Crippen molar-refractivity contribution in [3.05, 3.63) is 54.0 Å². The number of halogens is 3. The van der Waals surface area contributed by atoms with E-state index in [2.05, 4.69) is 20.0 Å². The molecule has 27 heavy (non-hydrogen) atoms. The molecule has 0 saturated carbocycles. The van der Waals surface area contributed by atoms with Gasteiger partial charge in [-0.3, -0.25) is 0 Å². The molecule has 1 aliphatic rings. The van der Waals surface area contributed by atoms with E-state index in [1.54, 1.807) is 16.8 Å². The van der Waals surface area contributed by atoms with Crippen LogP contribution in [-0.2, 0) is 17.5 Å². The minimum atomic E-state index is -4.34. The summed E-state index contributed by atoms with van der Waals surface area (Å²) in [4.78, 5) is 10.5. The molecule has 1 atom stereocenters. The Kier molecular flexibility index (Phi) is 4.69. The average molecular weight is 377 g/mol. The Hall–Kier alpha value is -2.68. The lowest BCUT2D eigenvalue weighted by Crippen LogP contribution is -2.34. The zero-order valence-corrected chi connectivity index (χ0v) is 14.4. The van der Waals surface area contributed by atoms with Crippen LogP contribution in [0, 0.1) is 0 Å². The van der Waals surface area contributed by atoms with Gasteiger partial charge in [0.2, 0.25) is 0 Å². The van der Waals surface area contributed by atoms with Gasteiger partial charge in [-0.1, -0.05) is 12.1 Å². The van der Waals surface area contributed by atoms with Crippen LogP contribution in [0.5, 0.6) is 0 Å². The van der Waals surface area contributed by atoms with Gasteiger partial charge in [0.15, 0.2) is 0 Å². The fourth-order valence-electron chi connectivity index (χ4n) is 3.40. The number of nitrogens with zero attached hydrogens (tertiary/aromatic N) is 5. The van der Waals surface area contributed by atoms with Gasteiger partial charge in [0, 0.05) is 12.7 Å². The van der Waals surface area contributed by atoms with Crippen molar-refractivity contribution >= 4 is 11.6 Å². The van der Waals surface area contributed by atoms with E-state index in [-0.39, 0.29) is 12.6 Å². The molecule has 0 amide bonds. The normalized spacial score (nSPS) is 17.7. The third kappa shape index (κ3) is 3.73. The second kappa shape index (κ2) is 7.15. The summed E-state index contributed by atoms with van der Waals surface area (Å²) in [5.74, 6) is 1.42. The molecule has 6 nitrogen and oxygen atoms in total. The molecule has 0 aliphatic carbocycles. The number of ether oxygens (including phenoxy) is 1. The van der Waals surface area contributed by atoms with Gasteiger partial charge < -0.3 is 9.64 Å². The summed E-state index contributed by atoms with van der Waals surface area (Å²) < 4.78 is 45.9. The monoisotopic (exact) mass is 377 g/mol. The van der Waals surface area contributed by atoms with Gasteiger partial charge in [-0.25, -0.2) is 4.98 Å². The summed E-state index contributed by atoms with van der Waals surface area (Å²) >= 11 is 0. The number of benzene rings is 1. The minimum absolute atomic E-state index is 0.130. The molecule has 2 aromatic heterocycles. The smallest absolute Gasteiger partial charge is 0.375 e. The van der Waals surface area contributed by atoms with Gasteiger partial charge in [0.25, 0.3) is 5.78 Å². The van der Waals surface area contributed by atoms with Gasteiger partial charge in [0.1, 0.15) is 12.1 Å². The first-order valence-electron chi connectivity index (χ1n) is 8.67. The van der Waals surface area contributed by atoms with Crippen LogP contribution in [0.2, 0.25) is 0 Å². The molecule has 3 aromatic rings. The predicted molar refractivity (Wildman–Crippen MR) is 92.3 cm³/mol. The number of alkyl halides is 3. The maximum Gasteiger partial charge on any atom is 0.416 e. The van der Waals surface area contributed by atoms with Crippen molar-refractivity contribution in [2.75, 3.05) is 18.1 Å². The van der Waals surface area contributed by atoms with Gasteiger partial charge >= 0.3 is 6.18 Å². The topological polar surface area (TPSA) is 55.5 Å². The van der Waals surface area contributed by atoms with Crippen LogP contribution in [-0.4, -0.2) is 38.8 Å². The second-order valence-electron chi connectivity index (χ2n) is 6.48. The van der Waals surface area contributed by atoms with E-state index in [0.717, 1.165) is 37.3 Å². The molecular formula is C18H18F3N5O. The molecule has 9 heteroatoms. The maximum atomic E-state index is 12.8. The lowest BCUT2D eigenvalue weighted by molar-refractivity contribution is -0.137. The van der Waals surface area contributed by atoms with Gasteiger partial charge in [0.05, 0.1) is 24.8 Å². The Labute approximate surface area is 153 Å².